The molecule has 1 atom stereocenters. The summed E-state index contributed by atoms with van der Waals surface area (Å²) >= 11 is 12.4. The highest BCUT2D eigenvalue weighted by Crippen LogP contribution is 2.36. The molecule has 136 valence electrons. The molecule has 1 aromatic rings. The smallest absolute Gasteiger partial charge is 0.144 e. The zero-order chi connectivity index (χ0) is 17.6. The number of oxime groups is 1. The molecule has 0 aliphatic carbocycles. The lowest BCUT2D eigenvalue weighted by molar-refractivity contribution is -0.0128. The number of morpholine rings is 1. The number of ether oxygens (including phenoxy) is 2. The molecule has 0 saturated carbocycles. The van der Waals surface area contributed by atoms with E-state index in [1.165, 1.54) is 6.21 Å². The van der Waals surface area contributed by atoms with E-state index >= 15 is 0 Å². The monoisotopic (exact) mass is 386 g/mol. The number of aliphatic hydroxyl groups excluding tert-OH is 1. The first-order chi connectivity index (χ1) is 12.1. The van der Waals surface area contributed by atoms with Gasteiger partial charge in [0.2, 0.25) is 0 Å². The largest absolute Gasteiger partial charge is 0.488 e. The van der Waals surface area contributed by atoms with Gasteiger partial charge < -0.3 is 19.4 Å². The van der Waals surface area contributed by atoms with Crippen molar-refractivity contribution in [3.8, 4) is 5.75 Å². The summed E-state index contributed by atoms with van der Waals surface area (Å²) in [5.74, 6) is 0.688. The number of fused-ring (bicyclic) bond motifs is 1. The standard InChI is InChI=1S/C17H20Cl2N2O4/c18-13-1-2-16-15(7-13)17(19)12(10-24-16)8-20-25-11-14(22)9-21-3-5-23-6-4-21/h1-2,7-8,14,22H,3-6,9-11H2/b20-8+. The van der Waals surface area contributed by atoms with Crippen molar-refractivity contribution in [2.24, 2.45) is 5.16 Å². The third-order valence-corrected chi connectivity index (χ3v) is 4.65. The normalized spacial score (nSPS) is 19.6. The summed E-state index contributed by atoms with van der Waals surface area (Å²) in [4.78, 5) is 7.32. The second kappa shape index (κ2) is 8.87. The van der Waals surface area contributed by atoms with E-state index in [0.29, 0.717) is 47.7 Å². The lowest BCUT2D eigenvalue weighted by Crippen LogP contribution is -2.42. The predicted molar refractivity (Wildman–Crippen MR) is 97.4 cm³/mol. The number of hydrogen-bond acceptors (Lipinski definition) is 6. The fourth-order valence-corrected chi connectivity index (χ4v) is 3.07. The minimum absolute atomic E-state index is 0.113. The van der Waals surface area contributed by atoms with E-state index in [1.54, 1.807) is 18.2 Å². The van der Waals surface area contributed by atoms with Crippen molar-refractivity contribution in [1.82, 2.24) is 4.90 Å². The Morgan fingerprint density at radius 3 is 2.92 bits per heavy atom. The molecule has 25 heavy (non-hydrogen) atoms. The van der Waals surface area contributed by atoms with Gasteiger partial charge in [0.15, 0.2) is 0 Å². The van der Waals surface area contributed by atoms with E-state index in [0.717, 1.165) is 18.7 Å². The molecular weight excluding hydrogens is 367 g/mol. The average molecular weight is 387 g/mol. The van der Waals surface area contributed by atoms with Crippen molar-refractivity contribution < 1.29 is 19.4 Å². The van der Waals surface area contributed by atoms with Crippen molar-refractivity contribution in [3.05, 3.63) is 34.4 Å². The molecule has 1 unspecified atom stereocenters. The SMILES string of the molecule is OC(CO/N=C/C1=C(Cl)c2cc(Cl)ccc2OC1)CN1CCOCC1. The van der Waals surface area contributed by atoms with Gasteiger partial charge in [0, 0.05) is 35.8 Å². The van der Waals surface area contributed by atoms with Crippen LogP contribution in [0.4, 0.5) is 0 Å². The molecule has 8 heteroatoms. The lowest BCUT2D eigenvalue weighted by atomic mass is 10.1. The Hall–Kier alpha value is -1.31. The molecule has 1 saturated heterocycles. The van der Waals surface area contributed by atoms with Crippen LogP contribution in [0, 0.1) is 0 Å². The maximum absolute atomic E-state index is 9.99. The van der Waals surface area contributed by atoms with Gasteiger partial charge in [0.25, 0.3) is 0 Å². The van der Waals surface area contributed by atoms with Gasteiger partial charge in [-0.25, -0.2) is 0 Å². The number of rotatable bonds is 6. The van der Waals surface area contributed by atoms with Crippen molar-refractivity contribution >= 4 is 34.4 Å². The van der Waals surface area contributed by atoms with Crippen molar-refractivity contribution in [1.29, 1.82) is 0 Å². The van der Waals surface area contributed by atoms with Crippen LogP contribution in [0.3, 0.4) is 0 Å². The topological polar surface area (TPSA) is 63.5 Å². The molecule has 0 amide bonds. The molecule has 0 bridgehead atoms. The maximum atomic E-state index is 9.99. The summed E-state index contributed by atoms with van der Waals surface area (Å²) in [5, 5.41) is 15.0. The zero-order valence-corrected chi connectivity index (χ0v) is 15.2. The highest BCUT2D eigenvalue weighted by atomic mass is 35.5. The maximum Gasteiger partial charge on any atom is 0.144 e. The van der Waals surface area contributed by atoms with Crippen LogP contribution in [0.25, 0.3) is 5.03 Å². The quantitative estimate of drug-likeness (QED) is 0.600. The summed E-state index contributed by atoms with van der Waals surface area (Å²) in [7, 11) is 0. The Labute approximate surface area is 156 Å². The molecule has 0 spiro atoms. The van der Waals surface area contributed by atoms with Crippen LogP contribution >= 0.6 is 23.2 Å². The number of aliphatic hydroxyl groups is 1. The van der Waals surface area contributed by atoms with Crippen molar-refractivity contribution in [2.75, 3.05) is 46.1 Å². The Bertz CT molecular complexity index is 660. The Kier molecular flexibility index (Phi) is 6.56. The molecule has 1 fully saturated rings. The molecule has 2 aliphatic rings. The van der Waals surface area contributed by atoms with E-state index in [1.807, 2.05) is 0 Å². The summed E-state index contributed by atoms with van der Waals surface area (Å²) < 4.78 is 10.9. The van der Waals surface area contributed by atoms with Crippen LogP contribution in [0.2, 0.25) is 5.02 Å². The third kappa shape index (κ3) is 5.09. The first kappa shape index (κ1) is 18.5. The van der Waals surface area contributed by atoms with Gasteiger partial charge in [-0.1, -0.05) is 28.4 Å². The molecule has 2 aliphatic heterocycles. The van der Waals surface area contributed by atoms with E-state index in [-0.39, 0.29) is 6.61 Å². The van der Waals surface area contributed by atoms with Crippen molar-refractivity contribution in [2.45, 2.75) is 6.10 Å². The minimum Gasteiger partial charge on any atom is -0.488 e. The van der Waals surface area contributed by atoms with Gasteiger partial charge in [-0.05, 0) is 18.2 Å². The van der Waals surface area contributed by atoms with Gasteiger partial charge >= 0.3 is 0 Å². The molecule has 1 N–H and O–H groups in total. The molecule has 0 aromatic heterocycles. The summed E-state index contributed by atoms with van der Waals surface area (Å²) in [5.41, 5.74) is 1.42. The first-order valence-corrected chi connectivity index (χ1v) is 8.84. The van der Waals surface area contributed by atoms with Gasteiger partial charge in [-0.15, -0.1) is 0 Å². The minimum atomic E-state index is -0.609. The van der Waals surface area contributed by atoms with E-state index in [4.69, 9.17) is 37.5 Å². The first-order valence-electron chi connectivity index (χ1n) is 8.08. The molecule has 2 heterocycles. The number of nitrogens with zero attached hydrogens (tertiary/aromatic N) is 2. The molecule has 3 rings (SSSR count). The summed E-state index contributed by atoms with van der Waals surface area (Å²) in [6.07, 6.45) is 0.898. The fraction of sp³-hybridized carbons (Fsp3) is 0.471. The van der Waals surface area contributed by atoms with Crippen LogP contribution in [0.15, 0.2) is 28.9 Å². The van der Waals surface area contributed by atoms with Gasteiger partial charge in [-0.2, -0.15) is 0 Å². The van der Waals surface area contributed by atoms with E-state index < -0.39 is 6.10 Å². The van der Waals surface area contributed by atoms with Gasteiger partial charge in [-0.3, -0.25) is 4.90 Å². The Balaban J connectivity index is 1.51. The summed E-state index contributed by atoms with van der Waals surface area (Å²) in [6.45, 7) is 3.99. The van der Waals surface area contributed by atoms with Gasteiger partial charge in [0.05, 0.1) is 24.5 Å². The van der Waals surface area contributed by atoms with Crippen LogP contribution in [0.1, 0.15) is 5.56 Å². The number of hydrogen-bond donors (Lipinski definition) is 1. The average Bonchev–Trinajstić information content (AvgIpc) is 2.62. The second-order valence-corrected chi connectivity index (χ2v) is 6.68. The van der Waals surface area contributed by atoms with E-state index in [2.05, 4.69) is 10.1 Å². The number of β-amino-alcohol motifs (C(OH)–C–C–N with tert-alkyl or cyclic N) is 1. The van der Waals surface area contributed by atoms with Crippen LogP contribution in [-0.4, -0.2) is 68.4 Å². The molecule has 0 radical (unpaired) electrons. The fourth-order valence-electron chi connectivity index (χ4n) is 2.65. The second-order valence-electron chi connectivity index (χ2n) is 5.87. The molecule has 6 nitrogen and oxygen atoms in total. The highest BCUT2D eigenvalue weighted by molar-refractivity contribution is 6.51. The van der Waals surface area contributed by atoms with E-state index in [9.17, 15) is 5.11 Å². The Morgan fingerprint density at radius 2 is 2.12 bits per heavy atom. The Morgan fingerprint density at radius 1 is 1.32 bits per heavy atom. The molecular formula is C17H20Cl2N2O4. The zero-order valence-electron chi connectivity index (χ0n) is 13.7. The summed E-state index contributed by atoms with van der Waals surface area (Å²) in [6, 6.07) is 5.29. The predicted octanol–water partition coefficient (Wildman–Crippen LogP) is 2.38. The van der Waals surface area contributed by atoms with Gasteiger partial charge in [0.1, 0.15) is 25.1 Å². The lowest BCUT2D eigenvalue weighted by Gasteiger charge is -2.28. The van der Waals surface area contributed by atoms with Crippen LogP contribution in [0.5, 0.6) is 5.75 Å². The third-order valence-electron chi connectivity index (χ3n) is 3.97. The number of benzene rings is 1. The van der Waals surface area contributed by atoms with Crippen LogP contribution < -0.4 is 4.74 Å². The highest BCUT2D eigenvalue weighted by Gasteiger charge is 2.18. The molecule has 1 aromatic carbocycles. The van der Waals surface area contributed by atoms with Crippen LogP contribution in [-0.2, 0) is 9.57 Å². The van der Waals surface area contributed by atoms with Crippen molar-refractivity contribution in [3.63, 3.8) is 0 Å². The number of halogens is 2.